The smallest absolute Gasteiger partial charge is 0.274 e. The van der Waals surface area contributed by atoms with Gasteiger partial charge in [0.2, 0.25) is 0 Å². The third kappa shape index (κ3) is 7.03. The van der Waals surface area contributed by atoms with E-state index >= 15 is 0 Å². The molecule has 0 bridgehead atoms. The number of aryl methyl sites for hydroxylation is 1. The highest BCUT2D eigenvalue weighted by Gasteiger charge is 2.16. The van der Waals surface area contributed by atoms with Gasteiger partial charge in [-0.2, -0.15) is 5.10 Å². The number of rotatable bonds is 8. The molecule has 1 fully saturated rings. The number of allylic oxidation sites excluding steroid dienone is 3. The van der Waals surface area contributed by atoms with E-state index in [4.69, 9.17) is 4.74 Å². The molecule has 0 radical (unpaired) electrons. The van der Waals surface area contributed by atoms with Gasteiger partial charge in [-0.25, -0.2) is 0 Å². The van der Waals surface area contributed by atoms with Crippen molar-refractivity contribution in [2.24, 2.45) is 7.05 Å². The van der Waals surface area contributed by atoms with E-state index in [9.17, 15) is 9.59 Å². The summed E-state index contributed by atoms with van der Waals surface area (Å²) < 4.78 is 6.96. The molecule has 3 aromatic rings. The Morgan fingerprint density at radius 1 is 1.05 bits per heavy atom. The minimum atomic E-state index is -0.173. The predicted octanol–water partition coefficient (Wildman–Crippen LogP) is 5.50. The van der Waals surface area contributed by atoms with Gasteiger partial charge in [-0.15, -0.1) is 5.10 Å². The molecule has 9 nitrogen and oxygen atoms in total. The highest BCUT2D eigenvalue weighted by Crippen LogP contribution is 2.30. The molecule has 1 aromatic carbocycles. The highest BCUT2D eigenvalue weighted by atomic mass is 16.5. The van der Waals surface area contributed by atoms with Crippen molar-refractivity contribution in [1.82, 2.24) is 19.7 Å². The molecule has 2 aliphatic rings. The van der Waals surface area contributed by atoms with Crippen LogP contribution in [-0.4, -0.2) is 51.9 Å². The van der Waals surface area contributed by atoms with Gasteiger partial charge in [-0.05, 0) is 87.4 Å². The SMILES string of the molecule is CC1=C(/C=C(\C)C(=O)Nc2cccc(-c3cc(Nc4ccc(CN5CCOCC5)nn4)c(=O)n(C)c3)c2C)CCCC1. The Morgan fingerprint density at radius 3 is 2.57 bits per heavy atom. The van der Waals surface area contributed by atoms with Gasteiger partial charge in [0, 0.05) is 49.7 Å². The first kappa shape index (κ1) is 29.4. The number of pyridine rings is 1. The van der Waals surface area contributed by atoms with Crippen molar-refractivity contribution in [1.29, 1.82) is 0 Å². The van der Waals surface area contributed by atoms with Gasteiger partial charge in [0.1, 0.15) is 5.69 Å². The van der Waals surface area contributed by atoms with Gasteiger partial charge in [0.15, 0.2) is 5.82 Å². The van der Waals surface area contributed by atoms with E-state index < -0.39 is 0 Å². The van der Waals surface area contributed by atoms with Crippen LogP contribution in [0.15, 0.2) is 70.2 Å². The van der Waals surface area contributed by atoms with E-state index in [0.29, 0.717) is 23.6 Å². The lowest BCUT2D eigenvalue weighted by molar-refractivity contribution is -0.112. The van der Waals surface area contributed by atoms with Crippen LogP contribution in [0.5, 0.6) is 0 Å². The minimum Gasteiger partial charge on any atom is -0.379 e. The summed E-state index contributed by atoms with van der Waals surface area (Å²) in [5, 5.41) is 14.9. The Kier molecular flexibility index (Phi) is 9.29. The molecule has 2 N–H and O–H groups in total. The summed E-state index contributed by atoms with van der Waals surface area (Å²) >= 11 is 0. The monoisotopic (exact) mass is 568 g/mol. The molecular weight excluding hydrogens is 528 g/mol. The van der Waals surface area contributed by atoms with Crippen LogP contribution >= 0.6 is 0 Å². The van der Waals surface area contributed by atoms with E-state index in [2.05, 4.69) is 32.7 Å². The fourth-order valence-corrected chi connectivity index (χ4v) is 5.49. The quantitative estimate of drug-likeness (QED) is 0.346. The molecule has 0 saturated carbocycles. The summed E-state index contributed by atoms with van der Waals surface area (Å²) in [7, 11) is 1.73. The van der Waals surface area contributed by atoms with E-state index in [0.717, 1.165) is 67.2 Å². The second-order valence-corrected chi connectivity index (χ2v) is 11.3. The van der Waals surface area contributed by atoms with E-state index in [-0.39, 0.29) is 11.5 Å². The summed E-state index contributed by atoms with van der Waals surface area (Å²) in [6.45, 7) is 9.95. The number of hydrogen-bond donors (Lipinski definition) is 2. The summed E-state index contributed by atoms with van der Waals surface area (Å²) in [5.74, 6) is 0.387. The number of aromatic nitrogens is 3. The largest absolute Gasteiger partial charge is 0.379 e. The first-order chi connectivity index (χ1) is 20.3. The standard InChI is InChI=1S/C33H40N6O3/c1-22-8-5-6-9-25(22)18-23(2)32(40)35-29-11-7-10-28(24(29)3)26-19-30(33(41)38(4)20-26)34-31-13-12-27(36-37-31)21-39-14-16-42-17-15-39/h7,10-13,18-20H,5-6,8-9,14-17,21H2,1-4H3,(H,34,37)(H,35,40)/b23-18+. The molecule has 1 saturated heterocycles. The number of carbonyl (C=O) groups excluding carboxylic acids is 1. The zero-order valence-corrected chi connectivity index (χ0v) is 25.0. The zero-order chi connectivity index (χ0) is 29.6. The Balaban J connectivity index is 1.33. The number of nitrogens with zero attached hydrogens (tertiary/aromatic N) is 4. The maximum Gasteiger partial charge on any atom is 0.274 e. The number of morpholine rings is 1. The third-order valence-corrected chi connectivity index (χ3v) is 8.09. The van der Waals surface area contributed by atoms with Gasteiger partial charge < -0.3 is 19.9 Å². The normalized spacial score (nSPS) is 16.4. The summed E-state index contributed by atoms with van der Waals surface area (Å²) in [6.07, 6.45) is 8.36. The predicted molar refractivity (Wildman–Crippen MR) is 167 cm³/mol. The first-order valence-corrected chi connectivity index (χ1v) is 14.7. The Hall–Kier alpha value is -4.08. The molecule has 0 spiro atoms. The molecule has 0 atom stereocenters. The maximum absolute atomic E-state index is 13.1. The second kappa shape index (κ2) is 13.3. The van der Waals surface area contributed by atoms with Crippen molar-refractivity contribution in [2.45, 2.75) is 53.0 Å². The molecule has 9 heteroatoms. The third-order valence-electron chi connectivity index (χ3n) is 8.09. The zero-order valence-electron chi connectivity index (χ0n) is 25.0. The lowest BCUT2D eigenvalue weighted by Crippen LogP contribution is -2.35. The van der Waals surface area contributed by atoms with Crippen molar-refractivity contribution in [3.8, 4) is 11.1 Å². The number of nitrogens with one attached hydrogen (secondary N) is 2. The number of anilines is 3. The summed E-state index contributed by atoms with van der Waals surface area (Å²) in [6, 6.07) is 11.4. The van der Waals surface area contributed by atoms with Gasteiger partial charge in [-0.3, -0.25) is 14.5 Å². The van der Waals surface area contributed by atoms with Crippen LogP contribution in [-0.2, 0) is 23.1 Å². The lowest BCUT2D eigenvalue weighted by atomic mass is 9.91. The number of benzene rings is 1. The fourth-order valence-electron chi connectivity index (χ4n) is 5.49. The van der Waals surface area contributed by atoms with Crippen LogP contribution in [0.4, 0.5) is 17.2 Å². The number of hydrogen-bond acceptors (Lipinski definition) is 7. The summed E-state index contributed by atoms with van der Waals surface area (Å²) in [5.41, 5.74) is 7.87. The van der Waals surface area contributed by atoms with Crippen molar-refractivity contribution in [3.63, 3.8) is 0 Å². The van der Waals surface area contributed by atoms with Crippen molar-refractivity contribution in [2.75, 3.05) is 36.9 Å². The molecular formula is C33H40N6O3. The maximum atomic E-state index is 13.1. The Labute approximate surface area is 247 Å². The van der Waals surface area contributed by atoms with Crippen LogP contribution in [0.25, 0.3) is 11.1 Å². The van der Waals surface area contributed by atoms with E-state index in [1.54, 1.807) is 11.6 Å². The summed E-state index contributed by atoms with van der Waals surface area (Å²) in [4.78, 5) is 28.4. The second-order valence-electron chi connectivity index (χ2n) is 11.3. The van der Waals surface area contributed by atoms with Gasteiger partial charge in [-0.1, -0.05) is 23.8 Å². The van der Waals surface area contributed by atoms with Crippen molar-refractivity contribution < 1.29 is 9.53 Å². The molecule has 1 amide bonds. The average molecular weight is 569 g/mol. The molecule has 0 unspecified atom stereocenters. The Morgan fingerprint density at radius 2 is 1.83 bits per heavy atom. The molecule has 3 heterocycles. The molecule has 1 aliphatic heterocycles. The average Bonchev–Trinajstić information content (AvgIpc) is 2.99. The lowest BCUT2D eigenvalue weighted by Gasteiger charge is -2.25. The molecule has 220 valence electrons. The number of ether oxygens (including phenoxy) is 1. The topological polar surface area (TPSA) is 101 Å². The van der Waals surface area contributed by atoms with Crippen LogP contribution in [0.3, 0.4) is 0 Å². The van der Waals surface area contributed by atoms with Gasteiger partial charge in [0.05, 0.1) is 18.9 Å². The molecule has 42 heavy (non-hydrogen) atoms. The van der Waals surface area contributed by atoms with Gasteiger partial charge in [0.25, 0.3) is 11.5 Å². The molecule has 5 rings (SSSR count). The van der Waals surface area contributed by atoms with Gasteiger partial charge >= 0.3 is 0 Å². The fraction of sp³-hybridized carbons (Fsp3) is 0.394. The Bertz CT molecular complexity index is 1570. The number of carbonyl (C=O) groups is 1. The van der Waals surface area contributed by atoms with Crippen LogP contribution < -0.4 is 16.2 Å². The minimum absolute atomic E-state index is 0.111. The molecule has 2 aromatic heterocycles. The van der Waals surface area contributed by atoms with Crippen molar-refractivity contribution in [3.05, 3.63) is 87.0 Å². The van der Waals surface area contributed by atoms with Crippen molar-refractivity contribution >= 4 is 23.1 Å². The van der Waals surface area contributed by atoms with Crippen LogP contribution in [0, 0.1) is 6.92 Å². The highest BCUT2D eigenvalue weighted by molar-refractivity contribution is 6.04. The molecule has 1 aliphatic carbocycles. The number of amides is 1. The van der Waals surface area contributed by atoms with E-state index in [1.165, 1.54) is 24.0 Å². The van der Waals surface area contributed by atoms with Crippen LogP contribution in [0.2, 0.25) is 0 Å². The first-order valence-electron chi connectivity index (χ1n) is 14.7. The van der Waals surface area contributed by atoms with Crippen LogP contribution in [0.1, 0.15) is 50.8 Å². The van der Waals surface area contributed by atoms with E-state index in [1.807, 2.05) is 62.5 Å².